The number of hydrogen-bond acceptors (Lipinski definition) is 7. The molecule has 1 aliphatic heterocycles. The molecule has 1 saturated heterocycles. The van der Waals surface area contributed by atoms with Gasteiger partial charge in [0.15, 0.2) is 0 Å². The first-order valence-electron chi connectivity index (χ1n) is 16.8. The number of urea groups is 1. The molecule has 9 rings (SSSR count). The average molecular weight is 715 g/mol. The molecule has 1 fully saturated rings. The van der Waals surface area contributed by atoms with E-state index in [1.54, 1.807) is 77.3 Å². The van der Waals surface area contributed by atoms with Crippen LogP contribution < -0.4 is 14.7 Å². The van der Waals surface area contributed by atoms with E-state index in [-0.39, 0.29) is 11.0 Å². The summed E-state index contributed by atoms with van der Waals surface area (Å²) in [7, 11) is 0. The highest BCUT2D eigenvalue weighted by Gasteiger charge is 2.44. The van der Waals surface area contributed by atoms with Crippen LogP contribution in [0, 0.1) is 0 Å². The SMILES string of the molecule is CC1(C)c2cc(N(c3ccccc3)c3ccccc3)cnc2-c2sc3cc(C=C4C(=O)N(c5ccccc5)C(=O)N(c5ccccc5)C4=O)sc3c21. The minimum absolute atomic E-state index is 0.0753. The predicted octanol–water partition coefficient (Wildman–Crippen LogP) is 10.7. The van der Waals surface area contributed by atoms with E-state index in [0.29, 0.717) is 11.4 Å². The van der Waals surface area contributed by atoms with Crippen LogP contribution in [0.2, 0.25) is 0 Å². The van der Waals surface area contributed by atoms with Gasteiger partial charge in [0.1, 0.15) is 5.57 Å². The molecular formula is C43H30N4O3S2. The molecule has 0 N–H and O–H groups in total. The van der Waals surface area contributed by atoms with Gasteiger partial charge in [0.25, 0.3) is 11.8 Å². The Bertz CT molecular complexity index is 2460. The summed E-state index contributed by atoms with van der Waals surface area (Å²) in [5.41, 5.74) is 6.73. The molecule has 4 amide bonds. The van der Waals surface area contributed by atoms with Crippen LogP contribution in [0.4, 0.5) is 33.2 Å². The lowest BCUT2D eigenvalue weighted by Gasteiger charge is -2.33. The zero-order valence-corrected chi connectivity index (χ0v) is 29.8. The minimum Gasteiger partial charge on any atom is -0.309 e. The number of pyridine rings is 1. The summed E-state index contributed by atoms with van der Waals surface area (Å²) in [6, 6.07) is 41.6. The van der Waals surface area contributed by atoms with Crippen molar-refractivity contribution in [3.8, 4) is 10.6 Å². The molecular weight excluding hydrogens is 685 g/mol. The number of amides is 4. The predicted molar refractivity (Wildman–Crippen MR) is 211 cm³/mol. The highest BCUT2D eigenvalue weighted by atomic mass is 32.1. The van der Waals surface area contributed by atoms with Gasteiger partial charge < -0.3 is 4.90 Å². The number of nitrogens with zero attached hydrogens (tertiary/aromatic N) is 4. The number of aromatic nitrogens is 1. The normalized spacial score (nSPS) is 14.9. The lowest BCUT2D eigenvalue weighted by atomic mass is 9.83. The second-order valence-electron chi connectivity index (χ2n) is 13.2. The summed E-state index contributed by atoms with van der Waals surface area (Å²) < 4.78 is 2.17. The van der Waals surface area contributed by atoms with Crippen molar-refractivity contribution in [2.45, 2.75) is 19.3 Å². The maximum absolute atomic E-state index is 14.0. The van der Waals surface area contributed by atoms with Crippen LogP contribution in [0.3, 0.4) is 0 Å². The molecule has 0 atom stereocenters. The lowest BCUT2D eigenvalue weighted by molar-refractivity contribution is -0.121. The highest BCUT2D eigenvalue weighted by molar-refractivity contribution is 7.30. The Hall–Kier alpha value is -6.16. The number of benzene rings is 4. The van der Waals surface area contributed by atoms with Gasteiger partial charge in [-0.15, -0.1) is 22.7 Å². The molecule has 0 spiro atoms. The van der Waals surface area contributed by atoms with Crippen molar-refractivity contribution in [1.82, 2.24) is 4.98 Å². The van der Waals surface area contributed by atoms with Gasteiger partial charge in [-0.05, 0) is 72.3 Å². The van der Waals surface area contributed by atoms with Gasteiger partial charge in [-0.2, -0.15) is 0 Å². The largest absolute Gasteiger partial charge is 0.343 e. The Morgan fingerprint density at radius 2 is 1.17 bits per heavy atom. The fraction of sp³-hybridized carbons (Fsp3) is 0.0698. The molecule has 0 unspecified atom stereocenters. The summed E-state index contributed by atoms with van der Waals surface area (Å²) in [4.78, 5) is 53.1. The first-order valence-corrected chi connectivity index (χ1v) is 18.5. The Balaban J connectivity index is 1.12. The van der Waals surface area contributed by atoms with E-state index in [2.05, 4.69) is 49.1 Å². The van der Waals surface area contributed by atoms with Gasteiger partial charge in [-0.25, -0.2) is 14.6 Å². The standard InChI is InChI=1S/C43H30N4O3S2/c1-43(2)34-23-31(45(27-15-7-3-8-16-27)28-17-9-4-10-18-28)26-44-37(34)39-36(43)38-35(52-39)25-32(51-38)24-33-40(48)46(29-19-11-5-12-20-29)42(50)47(41(33)49)30-21-13-6-14-22-30/h3-26H,1-2H3. The number of carbonyl (C=O) groups is 3. The van der Waals surface area contributed by atoms with E-state index < -0.39 is 17.8 Å². The summed E-state index contributed by atoms with van der Waals surface area (Å²) in [5.74, 6) is -1.30. The number of thiophene rings is 2. The zero-order chi connectivity index (χ0) is 35.6. The lowest BCUT2D eigenvalue weighted by Crippen LogP contribution is -2.57. The Morgan fingerprint density at radius 1 is 0.654 bits per heavy atom. The first-order chi connectivity index (χ1) is 25.3. The molecule has 0 bridgehead atoms. The maximum atomic E-state index is 14.0. The van der Waals surface area contributed by atoms with E-state index in [4.69, 9.17) is 4.98 Å². The Morgan fingerprint density at radius 3 is 1.71 bits per heavy atom. The van der Waals surface area contributed by atoms with Crippen molar-refractivity contribution in [2.75, 3.05) is 14.7 Å². The Kier molecular flexibility index (Phi) is 7.50. The quantitative estimate of drug-likeness (QED) is 0.127. The van der Waals surface area contributed by atoms with Crippen molar-refractivity contribution in [1.29, 1.82) is 0 Å². The second-order valence-corrected chi connectivity index (χ2v) is 15.3. The van der Waals surface area contributed by atoms with Gasteiger partial charge in [0, 0.05) is 31.9 Å². The summed E-state index contributed by atoms with van der Waals surface area (Å²) >= 11 is 3.23. The summed E-state index contributed by atoms with van der Waals surface area (Å²) in [5, 5.41) is 0. The molecule has 7 aromatic rings. The van der Waals surface area contributed by atoms with E-state index in [1.807, 2.05) is 60.8 Å². The van der Waals surface area contributed by atoms with Crippen LogP contribution in [0.25, 0.3) is 26.0 Å². The van der Waals surface area contributed by atoms with E-state index >= 15 is 0 Å². The topological polar surface area (TPSA) is 73.8 Å². The minimum atomic E-state index is -0.709. The third kappa shape index (κ3) is 5.00. The third-order valence-electron chi connectivity index (χ3n) is 9.62. The smallest absolute Gasteiger partial charge is 0.309 e. The van der Waals surface area contributed by atoms with Gasteiger partial charge in [0.2, 0.25) is 0 Å². The van der Waals surface area contributed by atoms with Crippen LogP contribution >= 0.6 is 22.7 Å². The number of rotatable bonds is 6. The van der Waals surface area contributed by atoms with Gasteiger partial charge >= 0.3 is 6.03 Å². The molecule has 3 aromatic heterocycles. The molecule has 1 aliphatic carbocycles. The number of anilines is 5. The molecule has 52 heavy (non-hydrogen) atoms. The van der Waals surface area contributed by atoms with Crippen molar-refractivity contribution in [3.63, 3.8) is 0 Å². The third-order valence-corrected chi connectivity index (χ3v) is 12.0. The molecule has 4 aromatic carbocycles. The second kappa shape index (κ2) is 12.3. The van der Waals surface area contributed by atoms with E-state index in [1.165, 1.54) is 5.56 Å². The number of para-hydroxylation sites is 4. The molecule has 2 aliphatic rings. The number of barbiturate groups is 1. The van der Waals surface area contributed by atoms with Gasteiger partial charge in [-0.1, -0.05) is 86.6 Å². The van der Waals surface area contributed by atoms with Crippen molar-refractivity contribution in [3.05, 3.63) is 161 Å². The number of hydrogen-bond donors (Lipinski definition) is 0. The Labute approximate surface area is 308 Å². The number of carbonyl (C=O) groups excluding carboxylic acids is 3. The fourth-order valence-electron chi connectivity index (χ4n) is 7.16. The summed E-state index contributed by atoms with van der Waals surface area (Å²) in [6.45, 7) is 4.47. The fourth-order valence-corrected chi connectivity index (χ4v) is 10.1. The van der Waals surface area contributed by atoms with Crippen molar-refractivity contribution >= 4 is 84.4 Å². The van der Waals surface area contributed by atoms with Crippen molar-refractivity contribution in [2.24, 2.45) is 0 Å². The van der Waals surface area contributed by atoms with Crippen LogP contribution in [0.15, 0.2) is 145 Å². The monoisotopic (exact) mass is 714 g/mol. The van der Waals surface area contributed by atoms with E-state index in [9.17, 15) is 14.4 Å². The zero-order valence-electron chi connectivity index (χ0n) is 28.2. The number of imide groups is 2. The van der Waals surface area contributed by atoms with Crippen LogP contribution in [-0.4, -0.2) is 22.8 Å². The number of fused-ring (bicyclic) bond motifs is 5. The molecule has 0 radical (unpaired) electrons. The van der Waals surface area contributed by atoms with Crippen LogP contribution in [-0.2, 0) is 15.0 Å². The van der Waals surface area contributed by atoms with Crippen LogP contribution in [0.1, 0.15) is 29.9 Å². The van der Waals surface area contributed by atoms with E-state index in [0.717, 1.165) is 57.3 Å². The molecule has 4 heterocycles. The van der Waals surface area contributed by atoms with Crippen molar-refractivity contribution < 1.29 is 14.4 Å². The van der Waals surface area contributed by atoms with Gasteiger partial charge in [0.05, 0.1) is 38.5 Å². The summed E-state index contributed by atoms with van der Waals surface area (Å²) in [6.07, 6.45) is 3.59. The van der Waals surface area contributed by atoms with Gasteiger partial charge in [-0.3, -0.25) is 14.6 Å². The molecule has 7 nitrogen and oxygen atoms in total. The highest BCUT2D eigenvalue weighted by Crippen LogP contribution is 2.57. The molecule has 0 saturated carbocycles. The average Bonchev–Trinajstić information content (AvgIpc) is 3.79. The van der Waals surface area contributed by atoms with Crippen LogP contribution in [0.5, 0.6) is 0 Å². The molecule has 252 valence electrons. The maximum Gasteiger partial charge on any atom is 0.343 e. The molecule has 9 heteroatoms. The first kappa shape index (κ1) is 31.8.